The average molecular weight is 302 g/mol. The molecule has 0 bridgehead atoms. The second-order valence-corrected chi connectivity index (χ2v) is 11.6. The van der Waals surface area contributed by atoms with Crippen LogP contribution in [0, 0.1) is 0 Å². The van der Waals surface area contributed by atoms with Crippen LogP contribution in [0.3, 0.4) is 0 Å². The van der Waals surface area contributed by atoms with Crippen LogP contribution in [0.25, 0.3) is 0 Å². The van der Waals surface area contributed by atoms with E-state index in [1.807, 2.05) is 0 Å². The molecule has 0 nitrogen and oxygen atoms in total. The number of hydrogen-bond acceptors (Lipinski definition) is 0. The first kappa shape index (κ1) is 10.7. The van der Waals surface area contributed by atoms with Crippen molar-refractivity contribution in [3.8, 4) is 0 Å². The van der Waals surface area contributed by atoms with Crippen molar-refractivity contribution in [1.29, 1.82) is 0 Å². The monoisotopic (exact) mass is 303 g/mol. The van der Waals surface area contributed by atoms with Gasteiger partial charge in [0, 0.05) is 0 Å². The third kappa shape index (κ3) is 2.63. The number of hydrogen-bond donors (Lipinski definition) is 0. The molecule has 0 aliphatic carbocycles. The van der Waals surface area contributed by atoms with E-state index in [2.05, 4.69) is 67.6 Å². The van der Waals surface area contributed by atoms with Gasteiger partial charge in [-0.15, -0.1) is 0 Å². The van der Waals surface area contributed by atoms with Crippen molar-refractivity contribution >= 4 is 26.9 Å². The van der Waals surface area contributed by atoms with Crippen LogP contribution in [-0.4, -0.2) is 19.8 Å². The van der Waals surface area contributed by atoms with Gasteiger partial charge in [-0.3, -0.25) is 0 Å². The predicted molar refractivity (Wildman–Crippen MR) is 68.4 cm³/mol. The molecule has 15 heavy (non-hydrogen) atoms. The van der Waals surface area contributed by atoms with Crippen molar-refractivity contribution in [2.24, 2.45) is 0 Å². The van der Waals surface area contributed by atoms with Gasteiger partial charge in [0.25, 0.3) is 0 Å². The van der Waals surface area contributed by atoms with E-state index in [0.29, 0.717) is 0 Å². The molecule has 0 heterocycles. The van der Waals surface area contributed by atoms with Crippen LogP contribution in [0.2, 0.25) is 4.44 Å². The van der Waals surface area contributed by atoms with E-state index in [0.717, 1.165) is 0 Å². The molecule has 0 saturated carbocycles. The molecule has 0 aromatic heterocycles. The summed E-state index contributed by atoms with van der Waals surface area (Å²) in [5.74, 6) is 0. The fraction of sp³-hybridized carbons (Fsp3) is 0.143. The minimum absolute atomic E-state index is 1.34. The third-order valence-corrected chi connectivity index (χ3v) is 10.5. The molecule has 0 saturated heterocycles. The normalized spacial score (nSPS) is 10.5. The zero-order valence-electron chi connectivity index (χ0n) is 8.98. The Bertz CT molecular complexity index is 355. The fourth-order valence-electron chi connectivity index (χ4n) is 1.85. The standard InChI is InChI=1S/2C6H5.C2H5.Sn/c2*1-2-4-6-5-3-1;1-2;/h2*1-5H;1H2,2H3;. The van der Waals surface area contributed by atoms with Gasteiger partial charge in [-0.2, -0.15) is 0 Å². The topological polar surface area (TPSA) is 0 Å². The Morgan fingerprint density at radius 1 is 0.733 bits per heavy atom. The Morgan fingerprint density at radius 2 is 1.13 bits per heavy atom. The number of rotatable bonds is 3. The van der Waals surface area contributed by atoms with Crippen LogP contribution in [0.5, 0.6) is 0 Å². The van der Waals surface area contributed by atoms with Crippen LogP contribution in [-0.2, 0) is 0 Å². The van der Waals surface area contributed by atoms with Crippen molar-refractivity contribution in [3.05, 3.63) is 60.7 Å². The molecule has 2 aromatic carbocycles. The first-order valence-corrected chi connectivity index (χ1v) is 10.3. The molecule has 0 aliphatic heterocycles. The van der Waals surface area contributed by atoms with E-state index >= 15 is 0 Å². The van der Waals surface area contributed by atoms with Crippen LogP contribution < -0.4 is 7.16 Å². The van der Waals surface area contributed by atoms with Gasteiger partial charge in [-0.05, 0) is 0 Å². The molecule has 0 spiro atoms. The van der Waals surface area contributed by atoms with Gasteiger partial charge in [-0.1, -0.05) is 0 Å². The quantitative estimate of drug-likeness (QED) is 0.763. The van der Waals surface area contributed by atoms with Gasteiger partial charge in [-0.25, -0.2) is 0 Å². The summed E-state index contributed by atoms with van der Waals surface area (Å²) in [7, 11) is 0. The summed E-state index contributed by atoms with van der Waals surface area (Å²) in [6.07, 6.45) is 0. The first-order valence-electron chi connectivity index (χ1n) is 5.38. The molecule has 0 atom stereocenters. The molecular weight excluding hydrogens is 287 g/mol. The second-order valence-electron chi connectivity index (χ2n) is 3.56. The first-order chi connectivity index (χ1) is 7.42. The molecule has 1 radical (unpaired) electrons. The second kappa shape index (κ2) is 5.36. The van der Waals surface area contributed by atoms with Gasteiger partial charge in [0.2, 0.25) is 0 Å². The SMILES string of the molecule is C[CH2][Sn]([c]1ccccc1)[c]1ccccc1. The van der Waals surface area contributed by atoms with E-state index in [9.17, 15) is 0 Å². The average Bonchev–Trinajstić information content (AvgIpc) is 2.33. The Hall–Kier alpha value is -0.761. The molecule has 0 unspecified atom stereocenters. The van der Waals surface area contributed by atoms with Crippen LogP contribution in [0.4, 0.5) is 0 Å². The molecule has 2 rings (SSSR count). The summed E-state index contributed by atoms with van der Waals surface area (Å²) in [5, 5.41) is 0. The minimum atomic E-state index is -1.54. The van der Waals surface area contributed by atoms with Crippen molar-refractivity contribution in [3.63, 3.8) is 0 Å². The van der Waals surface area contributed by atoms with Crippen LogP contribution in [0.15, 0.2) is 60.7 Å². The molecule has 0 amide bonds. The van der Waals surface area contributed by atoms with Crippen molar-refractivity contribution in [2.75, 3.05) is 0 Å². The summed E-state index contributed by atoms with van der Waals surface area (Å²) in [5.41, 5.74) is 0. The van der Waals surface area contributed by atoms with Crippen molar-refractivity contribution < 1.29 is 0 Å². The predicted octanol–water partition coefficient (Wildman–Crippen LogP) is 2.32. The van der Waals surface area contributed by atoms with Crippen LogP contribution >= 0.6 is 0 Å². The van der Waals surface area contributed by atoms with Gasteiger partial charge in [0.1, 0.15) is 0 Å². The molecular formula is C14H15Sn. The zero-order valence-corrected chi connectivity index (χ0v) is 11.8. The van der Waals surface area contributed by atoms with Gasteiger partial charge in [0.05, 0.1) is 0 Å². The molecule has 75 valence electrons. The Labute approximate surface area is 98.7 Å². The summed E-state index contributed by atoms with van der Waals surface area (Å²) in [4.78, 5) is 0. The molecule has 0 N–H and O–H groups in total. The zero-order chi connectivity index (χ0) is 10.5. The summed E-state index contributed by atoms with van der Waals surface area (Å²) in [6.45, 7) is 2.33. The maximum absolute atomic E-state index is 2.33. The summed E-state index contributed by atoms with van der Waals surface area (Å²) >= 11 is -1.54. The fourth-order valence-corrected chi connectivity index (χ4v) is 8.53. The summed E-state index contributed by atoms with van der Waals surface area (Å²) in [6, 6.07) is 22.0. The number of benzene rings is 2. The molecule has 0 aliphatic rings. The van der Waals surface area contributed by atoms with Gasteiger partial charge < -0.3 is 0 Å². The van der Waals surface area contributed by atoms with Gasteiger partial charge in [0.15, 0.2) is 0 Å². The van der Waals surface area contributed by atoms with E-state index in [-0.39, 0.29) is 0 Å². The summed E-state index contributed by atoms with van der Waals surface area (Å²) < 4.78 is 4.55. The van der Waals surface area contributed by atoms with Crippen molar-refractivity contribution in [1.82, 2.24) is 0 Å². The maximum atomic E-state index is 2.33. The van der Waals surface area contributed by atoms with Gasteiger partial charge >= 0.3 is 98.9 Å². The van der Waals surface area contributed by atoms with Crippen LogP contribution in [0.1, 0.15) is 6.92 Å². The van der Waals surface area contributed by atoms with E-state index in [1.54, 1.807) is 7.16 Å². The molecule has 1 heteroatoms. The third-order valence-electron chi connectivity index (χ3n) is 2.60. The Morgan fingerprint density at radius 3 is 1.47 bits per heavy atom. The van der Waals surface area contributed by atoms with E-state index in [4.69, 9.17) is 0 Å². The Balaban J connectivity index is 2.34. The van der Waals surface area contributed by atoms with Crippen molar-refractivity contribution in [2.45, 2.75) is 11.4 Å². The van der Waals surface area contributed by atoms with E-state index < -0.39 is 19.8 Å². The Kier molecular flexibility index (Phi) is 3.84. The van der Waals surface area contributed by atoms with E-state index in [1.165, 1.54) is 4.44 Å². The molecule has 0 fully saturated rings. The molecule has 2 aromatic rings.